The van der Waals surface area contributed by atoms with E-state index in [1.165, 1.54) is 10.5 Å². The molecule has 4 heteroatoms. The van der Waals surface area contributed by atoms with Crippen molar-refractivity contribution in [1.82, 2.24) is 4.57 Å². The smallest absolute Gasteiger partial charge is 0.267 e. The van der Waals surface area contributed by atoms with E-state index in [1.54, 1.807) is 0 Å². The first-order chi connectivity index (χ1) is 27.5. The Balaban J connectivity index is 1.30. The number of amides is 2. The quantitative estimate of drug-likeness (QED) is 0.147. The summed E-state index contributed by atoms with van der Waals surface area (Å²) in [5.74, 6) is -0.407. The van der Waals surface area contributed by atoms with Crippen LogP contribution >= 0.6 is 0 Å². The molecule has 0 saturated carbocycles. The van der Waals surface area contributed by atoms with E-state index in [9.17, 15) is 4.79 Å². The predicted molar refractivity (Wildman–Crippen MR) is 231 cm³/mol. The number of nitrogens with zero attached hydrogens (tertiary/aromatic N) is 2. The molecular formula is C52H38N2O2. The number of para-hydroxylation sites is 1. The zero-order valence-electron chi connectivity index (χ0n) is 31.2. The highest BCUT2D eigenvalue weighted by atomic mass is 16.2. The number of fused-ring (bicyclic) bond motifs is 3. The van der Waals surface area contributed by atoms with E-state index < -0.39 is 5.91 Å². The van der Waals surface area contributed by atoms with E-state index in [0.29, 0.717) is 23.3 Å². The van der Waals surface area contributed by atoms with Crippen molar-refractivity contribution in [2.45, 2.75) is 13.8 Å². The van der Waals surface area contributed by atoms with Gasteiger partial charge in [0, 0.05) is 21.9 Å². The van der Waals surface area contributed by atoms with E-state index in [-0.39, 0.29) is 0 Å². The molecular weight excluding hydrogens is 685 g/mol. The Morgan fingerprint density at radius 2 is 1.02 bits per heavy atom. The number of imide groups is 1. The molecule has 0 bridgehead atoms. The van der Waals surface area contributed by atoms with Gasteiger partial charge in [0.1, 0.15) is 0 Å². The molecule has 0 N–H and O–H groups in total. The van der Waals surface area contributed by atoms with Gasteiger partial charge in [-0.3, -0.25) is 9.59 Å². The maximum Gasteiger partial charge on any atom is 0.267 e. The van der Waals surface area contributed by atoms with Crippen LogP contribution in [0.15, 0.2) is 188 Å². The highest BCUT2D eigenvalue weighted by Crippen LogP contribution is 2.44. The predicted octanol–water partition coefficient (Wildman–Crippen LogP) is 12.9. The summed E-state index contributed by atoms with van der Waals surface area (Å²) in [7, 11) is 0. The number of hydrogen-bond acceptors (Lipinski definition) is 2. The first kappa shape index (κ1) is 34.5. The maximum absolute atomic E-state index is 15.5. The summed E-state index contributed by atoms with van der Waals surface area (Å²) >= 11 is 0. The average molecular weight is 723 g/mol. The van der Waals surface area contributed by atoms with Crippen molar-refractivity contribution in [3.63, 3.8) is 0 Å². The van der Waals surface area contributed by atoms with Crippen molar-refractivity contribution in [3.8, 4) is 50.2 Å². The van der Waals surface area contributed by atoms with E-state index in [4.69, 9.17) is 0 Å². The van der Waals surface area contributed by atoms with Gasteiger partial charge in [0.05, 0.1) is 28.0 Å². The van der Waals surface area contributed by atoms with Crippen LogP contribution in [0.4, 0.5) is 5.69 Å². The van der Waals surface area contributed by atoms with Gasteiger partial charge in [-0.05, 0) is 83.1 Å². The monoisotopic (exact) mass is 722 g/mol. The lowest BCUT2D eigenvalue weighted by atomic mass is 9.90. The molecule has 0 saturated heterocycles. The van der Waals surface area contributed by atoms with Gasteiger partial charge in [-0.25, -0.2) is 4.90 Å². The van der Waals surface area contributed by atoms with Gasteiger partial charge >= 0.3 is 0 Å². The van der Waals surface area contributed by atoms with E-state index >= 15 is 4.79 Å². The second-order valence-electron chi connectivity index (χ2n) is 14.2. The number of carbonyl (C=O) groups is 2. The summed E-state index contributed by atoms with van der Waals surface area (Å²) in [6, 6.07) is 63.7. The zero-order valence-corrected chi connectivity index (χ0v) is 31.2. The zero-order chi connectivity index (χ0) is 38.2. The molecule has 0 aliphatic heterocycles. The van der Waals surface area contributed by atoms with Crippen LogP contribution in [0.5, 0.6) is 0 Å². The second-order valence-corrected chi connectivity index (χ2v) is 14.2. The van der Waals surface area contributed by atoms with E-state index in [1.807, 2.05) is 116 Å². The summed E-state index contributed by atoms with van der Waals surface area (Å²) in [6.07, 6.45) is 0.677. The molecule has 9 aromatic rings. The fourth-order valence-corrected chi connectivity index (χ4v) is 7.96. The van der Waals surface area contributed by atoms with Gasteiger partial charge in [0.15, 0.2) is 0 Å². The van der Waals surface area contributed by atoms with E-state index in [2.05, 4.69) is 90.4 Å². The van der Waals surface area contributed by atoms with Crippen molar-refractivity contribution < 1.29 is 9.59 Å². The average Bonchev–Trinajstić information content (AvgIpc) is 3.58. The van der Waals surface area contributed by atoms with Gasteiger partial charge in [0.2, 0.25) is 6.41 Å². The lowest BCUT2D eigenvalue weighted by Crippen LogP contribution is -2.32. The van der Waals surface area contributed by atoms with E-state index in [0.717, 1.165) is 71.9 Å². The molecule has 0 atom stereocenters. The number of anilines is 1. The van der Waals surface area contributed by atoms with Crippen LogP contribution in [0, 0.1) is 13.8 Å². The third-order valence-electron chi connectivity index (χ3n) is 10.7. The fourth-order valence-electron chi connectivity index (χ4n) is 7.96. The van der Waals surface area contributed by atoms with Crippen LogP contribution in [0.2, 0.25) is 0 Å². The van der Waals surface area contributed by atoms with Gasteiger partial charge in [-0.2, -0.15) is 0 Å². The molecule has 0 spiro atoms. The third kappa shape index (κ3) is 6.08. The summed E-state index contributed by atoms with van der Waals surface area (Å²) in [6.45, 7) is 4.03. The van der Waals surface area contributed by atoms with Crippen LogP contribution < -0.4 is 4.90 Å². The Hall–Kier alpha value is -7.30. The summed E-state index contributed by atoms with van der Waals surface area (Å²) in [5, 5.41) is 2.16. The van der Waals surface area contributed by atoms with Gasteiger partial charge in [0.25, 0.3) is 5.91 Å². The highest BCUT2D eigenvalue weighted by molar-refractivity contribution is 6.22. The summed E-state index contributed by atoms with van der Waals surface area (Å²) in [5.41, 5.74) is 13.2. The fraction of sp³-hybridized carbons (Fsp3) is 0.0385. The molecule has 1 heterocycles. The van der Waals surface area contributed by atoms with Crippen LogP contribution in [0.25, 0.3) is 72.0 Å². The summed E-state index contributed by atoms with van der Waals surface area (Å²) in [4.78, 5) is 30.5. The Morgan fingerprint density at radius 1 is 0.482 bits per heavy atom. The number of aromatic nitrogens is 1. The molecule has 56 heavy (non-hydrogen) atoms. The van der Waals surface area contributed by atoms with Crippen molar-refractivity contribution in [3.05, 3.63) is 205 Å². The SMILES string of the molecule is Cc1ccc(-c2ccc3c4ccccc4n(-c4cccc(C)c4C(=O)N(C=O)c4c(-c5ccccc5)cc(-c5ccccc5)cc4-c4ccccc4)c3c2)cc1. The van der Waals surface area contributed by atoms with Crippen molar-refractivity contribution >= 4 is 39.8 Å². The van der Waals surface area contributed by atoms with Gasteiger partial charge in [-0.15, -0.1) is 0 Å². The van der Waals surface area contributed by atoms with Crippen LogP contribution in [0.3, 0.4) is 0 Å². The third-order valence-corrected chi connectivity index (χ3v) is 10.7. The largest absolute Gasteiger partial charge is 0.308 e. The van der Waals surface area contributed by atoms with Crippen molar-refractivity contribution in [1.29, 1.82) is 0 Å². The molecule has 0 unspecified atom stereocenters. The number of aryl methyl sites for hydroxylation is 2. The molecule has 0 aliphatic carbocycles. The topological polar surface area (TPSA) is 42.3 Å². The number of hydrogen-bond donors (Lipinski definition) is 0. The first-order valence-electron chi connectivity index (χ1n) is 18.8. The minimum atomic E-state index is -0.407. The van der Waals surface area contributed by atoms with Gasteiger partial charge < -0.3 is 4.57 Å². The Morgan fingerprint density at radius 3 is 1.64 bits per heavy atom. The highest BCUT2D eigenvalue weighted by Gasteiger charge is 2.29. The molecule has 0 radical (unpaired) electrons. The second kappa shape index (κ2) is 14.5. The number of rotatable bonds is 8. The Bertz CT molecular complexity index is 2830. The van der Waals surface area contributed by atoms with Crippen molar-refractivity contribution in [2.24, 2.45) is 0 Å². The molecule has 0 aliphatic rings. The molecule has 0 fully saturated rings. The maximum atomic E-state index is 15.5. The van der Waals surface area contributed by atoms with Crippen molar-refractivity contribution in [2.75, 3.05) is 4.90 Å². The normalized spacial score (nSPS) is 11.2. The minimum absolute atomic E-state index is 0.407. The molecule has 1 aromatic heterocycles. The molecule has 2 amide bonds. The Kier molecular flexibility index (Phi) is 8.92. The van der Waals surface area contributed by atoms with Crippen LogP contribution in [-0.2, 0) is 4.79 Å². The van der Waals surface area contributed by atoms with Crippen LogP contribution in [-0.4, -0.2) is 16.9 Å². The standard InChI is InChI=1S/C52H38N2O2/c1-35-25-27-38(28-26-35)41-29-30-44-43-22-12-13-23-47(43)54(49(44)33-41)48-24-14-15-36(2)50(48)52(56)53(34-55)51-45(39-18-8-4-9-19-39)31-42(37-16-6-3-7-17-37)32-46(51)40-20-10-5-11-21-40/h3-34H,1-2H3. The minimum Gasteiger partial charge on any atom is -0.308 e. The lowest BCUT2D eigenvalue weighted by Gasteiger charge is -2.26. The summed E-state index contributed by atoms with van der Waals surface area (Å²) < 4.78 is 2.18. The van der Waals surface area contributed by atoms with Gasteiger partial charge in [-0.1, -0.05) is 163 Å². The number of benzene rings is 8. The molecule has 268 valence electrons. The van der Waals surface area contributed by atoms with Crippen LogP contribution in [0.1, 0.15) is 21.5 Å². The lowest BCUT2D eigenvalue weighted by molar-refractivity contribution is -0.106. The molecule has 4 nitrogen and oxygen atoms in total. The molecule has 8 aromatic carbocycles. The first-order valence-corrected chi connectivity index (χ1v) is 18.8. The Labute approximate surface area is 326 Å². The number of carbonyl (C=O) groups excluding carboxylic acids is 2. The molecule has 9 rings (SSSR count).